The number of aryl methyl sites for hydroxylation is 1. The molecule has 186 valence electrons. The molecule has 0 atom stereocenters. The topological polar surface area (TPSA) is 132 Å². The van der Waals surface area contributed by atoms with Gasteiger partial charge in [0.05, 0.1) is 27.3 Å². The molecule has 0 aliphatic heterocycles. The summed E-state index contributed by atoms with van der Waals surface area (Å²) < 4.78 is 1.76. The van der Waals surface area contributed by atoms with E-state index in [4.69, 9.17) is 5.73 Å². The molecule has 0 aliphatic carbocycles. The standard InChI is InChI=1S/C26H22N6O3S2/c27-23(34)10-12-32-19-7-6-17(29-15-20(33)16-4-2-1-3-5-16)14-18(19)30-26(32)31-24(35)21-8-9-22(37-21)25-28-11-13-36-25/h1-9,11,13-14,29H,10,12,15H2,(H2,27,34)(H,30,31,35). The number of Topliss-reactive ketones (excluding diaryl/α,β-unsaturated/α-hetero) is 1. The highest BCUT2D eigenvalue weighted by Gasteiger charge is 2.18. The molecule has 37 heavy (non-hydrogen) atoms. The lowest BCUT2D eigenvalue weighted by atomic mass is 10.1. The minimum atomic E-state index is -0.455. The number of carbonyl (C=O) groups is 3. The van der Waals surface area contributed by atoms with Gasteiger partial charge in [-0.05, 0) is 30.3 Å². The van der Waals surface area contributed by atoms with Crippen LogP contribution < -0.4 is 16.4 Å². The van der Waals surface area contributed by atoms with Gasteiger partial charge in [0.1, 0.15) is 5.01 Å². The smallest absolute Gasteiger partial charge is 0.268 e. The number of hydrogen-bond acceptors (Lipinski definition) is 8. The third-order valence-electron chi connectivity index (χ3n) is 5.58. The summed E-state index contributed by atoms with van der Waals surface area (Å²) >= 11 is 2.85. The zero-order valence-corrected chi connectivity index (χ0v) is 21.1. The first-order valence-corrected chi connectivity index (χ1v) is 13.1. The van der Waals surface area contributed by atoms with Gasteiger partial charge < -0.3 is 15.6 Å². The summed E-state index contributed by atoms with van der Waals surface area (Å²) in [6.45, 7) is 0.386. The summed E-state index contributed by atoms with van der Waals surface area (Å²) in [6.07, 6.45) is 1.81. The average Bonchev–Trinajstić information content (AvgIpc) is 3.66. The Morgan fingerprint density at radius 3 is 2.62 bits per heavy atom. The molecule has 0 spiro atoms. The number of nitrogens with two attached hydrogens (primary N) is 1. The van der Waals surface area contributed by atoms with Crippen molar-refractivity contribution in [2.24, 2.45) is 5.73 Å². The van der Waals surface area contributed by atoms with Crippen molar-refractivity contribution in [1.82, 2.24) is 14.5 Å². The monoisotopic (exact) mass is 530 g/mol. The maximum absolute atomic E-state index is 13.0. The number of thiophene rings is 1. The van der Waals surface area contributed by atoms with Gasteiger partial charge in [0.2, 0.25) is 11.9 Å². The maximum atomic E-state index is 13.0. The minimum Gasteiger partial charge on any atom is -0.378 e. The number of carbonyl (C=O) groups excluding carboxylic acids is 3. The fourth-order valence-corrected chi connectivity index (χ4v) is 5.39. The van der Waals surface area contributed by atoms with Crippen molar-refractivity contribution in [2.45, 2.75) is 13.0 Å². The van der Waals surface area contributed by atoms with E-state index in [1.807, 2.05) is 41.8 Å². The molecular formula is C26H22N6O3S2. The molecule has 0 bridgehead atoms. The summed E-state index contributed by atoms with van der Waals surface area (Å²) in [5.74, 6) is -0.491. The first-order chi connectivity index (χ1) is 18.0. The molecule has 2 aromatic carbocycles. The summed E-state index contributed by atoms with van der Waals surface area (Å²) in [4.78, 5) is 47.3. The summed E-state index contributed by atoms with van der Waals surface area (Å²) in [6, 6.07) is 18.1. The van der Waals surface area contributed by atoms with E-state index in [9.17, 15) is 14.4 Å². The number of anilines is 2. The Labute approximate surface area is 220 Å². The Bertz CT molecular complexity index is 1570. The van der Waals surface area contributed by atoms with Gasteiger partial charge in [-0.25, -0.2) is 9.97 Å². The molecule has 2 amide bonds. The fraction of sp³-hybridized carbons (Fsp3) is 0.115. The normalized spacial score (nSPS) is 10.9. The van der Waals surface area contributed by atoms with E-state index in [1.165, 1.54) is 22.7 Å². The largest absolute Gasteiger partial charge is 0.378 e. The zero-order chi connectivity index (χ0) is 25.8. The number of rotatable bonds is 10. The number of amides is 2. The third kappa shape index (κ3) is 5.57. The van der Waals surface area contributed by atoms with Gasteiger partial charge in [0.15, 0.2) is 5.78 Å². The van der Waals surface area contributed by atoms with E-state index in [2.05, 4.69) is 20.6 Å². The van der Waals surface area contributed by atoms with Crippen molar-refractivity contribution in [2.75, 3.05) is 17.2 Å². The van der Waals surface area contributed by atoms with Gasteiger partial charge in [-0.15, -0.1) is 22.7 Å². The fourth-order valence-electron chi connectivity index (χ4n) is 3.78. The van der Waals surface area contributed by atoms with Crippen molar-refractivity contribution in [3.63, 3.8) is 0 Å². The van der Waals surface area contributed by atoms with Crippen LogP contribution in [0.15, 0.2) is 72.2 Å². The van der Waals surface area contributed by atoms with Crippen LogP contribution in [0.4, 0.5) is 11.6 Å². The first-order valence-electron chi connectivity index (χ1n) is 11.4. The van der Waals surface area contributed by atoms with E-state index >= 15 is 0 Å². The van der Waals surface area contributed by atoms with Crippen molar-refractivity contribution >= 4 is 62.9 Å². The lowest BCUT2D eigenvalue weighted by Crippen LogP contribution is -2.18. The quantitative estimate of drug-likeness (QED) is 0.225. The summed E-state index contributed by atoms with van der Waals surface area (Å²) in [5.41, 5.74) is 8.05. The molecule has 5 aromatic rings. The van der Waals surface area contributed by atoms with Crippen LogP contribution >= 0.6 is 22.7 Å². The molecular weight excluding hydrogens is 508 g/mol. The van der Waals surface area contributed by atoms with Crippen LogP contribution in [0, 0.1) is 0 Å². The van der Waals surface area contributed by atoms with Crippen LogP contribution in [-0.4, -0.2) is 38.7 Å². The van der Waals surface area contributed by atoms with Crippen molar-refractivity contribution in [3.8, 4) is 9.88 Å². The number of ketones is 1. The highest BCUT2D eigenvalue weighted by atomic mass is 32.1. The Hall–Kier alpha value is -4.35. The predicted octanol–water partition coefficient (Wildman–Crippen LogP) is 4.64. The number of nitrogens with one attached hydrogen (secondary N) is 2. The van der Waals surface area contributed by atoms with Gasteiger partial charge >= 0.3 is 0 Å². The molecule has 3 heterocycles. The Kier molecular flexibility index (Phi) is 7.06. The molecule has 11 heteroatoms. The number of fused-ring (bicyclic) bond motifs is 1. The predicted molar refractivity (Wildman–Crippen MR) is 146 cm³/mol. The molecule has 0 saturated heterocycles. The van der Waals surface area contributed by atoms with Crippen molar-refractivity contribution in [3.05, 3.63) is 82.7 Å². The van der Waals surface area contributed by atoms with E-state index < -0.39 is 5.91 Å². The van der Waals surface area contributed by atoms with Crippen LogP contribution in [0.2, 0.25) is 0 Å². The van der Waals surface area contributed by atoms with Gasteiger partial charge in [-0.3, -0.25) is 19.7 Å². The molecule has 0 unspecified atom stereocenters. The number of imidazole rings is 1. The first kappa shape index (κ1) is 24.3. The third-order valence-corrected chi connectivity index (χ3v) is 7.60. The van der Waals surface area contributed by atoms with Crippen molar-refractivity contribution < 1.29 is 14.4 Å². The van der Waals surface area contributed by atoms with Crippen LogP contribution in [0.1, 0.15) is 26.5 Å². The van der Waals surface area contributed by atoms with Crippen LogP contribution in [0.25, 0.3) is 20.9 Å². The average molecular weight is 531 g/mol. The summed E-state index contributed by atoms with van der Waals surface area (Å²) in [5, 5.41) is 8.74. The summed E-state index contributed by atoms with van der Waals surface area (Å²) in [7, 11) is 0. The van der Waals surface area contributed by atoms with Gasteiger partial charge in [0.25, 0.3) is 5.91 Å². The molecule has 5 rings (SSSR count). The molecule has 0 aliphatic rings. The van der Waals surface area contributed by atoms with Gasteiger partial charge in [-0.2, -0.15) is 0 Å². The van der Waals surface area contributed by atoms with E-state index in [0.717, 1.165) is 15.4 Å². The number of primary amides is 1. The number of nitrogens with zero attached hydrogens (tertiary/aromatic N) is 3. The number of thiazole rings is 1. The second-order valence-corrected chi connectivity index (χ2v) is 10.1. The molecule has 3 aromatic heterocycles. The molecule has 0 radical (unpaired) electrons. The van der Waals surface area contributed by atoms with E-state index in [1.54, 1.807) is 35.0 Å². The molecule has 4 N–H and O–H groups in total. The van der Waals surface area contributed by atoms with Gasteiger partial charge in [0, 0.05) is 35.8 Å². The highest BCUT2D eigenvalue weighted by Crippen LogP contribution is 2.30. The second-order valence-electron chi connectivity index (χ2n) is 8.10. The molecule has 0 fully saturated rings. The number of benzene rings is 2. The van der Waals surface area contributed by atoms with Crippen LogP contribution in [0.3, 0.4) is 0 Å². The molecule has 9 nitrogen and oxygen atoms in total. The zero-order valence-electron chi connectivity index (χ0n) is 19.5. The van der Waals surface area contributed by atoms with Crippen LogP contribution in [-0.2, 0) is 11.3 Å². The second kappa shape index (κ2) is 10.7. The Morgan fingerprint density at radius 1 is 1.03 bits per heavy atom. The maximum Gasteiger partial charge on any atom is 0.268 e. The highest BCUT2D eigenvalue weighted by molar-refractivity contribution is 7.22. The minimum absolute atomic E-state index is 0.0336. The van der Waals surface area contributed by atoms with E-state index in [-0.39, 0.29) is 31.2 Å². The number of aromatic nitrogens is 3. The van der Waals surface area contributed by atoms with Gasteiger partial charge in [-0.1, -0.05) is 30.3 Å². The lowest BCUT2D eigenvalue weighted by molar-refractivity contribution is -0.118. The van der Waals surface area contributed by atoms with E-state index in [0.29, 0.717) is 27.6 Å². The lowest BCUT2D eigenvalue weighted by Gasteiger charge is -2.09. The Balaban J connectivity index is 1.37. The SMILES string of the molecule is NC(=O)CCn1c(NC(=O)c2ccc(-c3nccs3)s2)nc2cc(NCC(=O)c3ccccc3)ccc21. The Morgan fingerprint density at radius 2 is 1.86 bits per heavy atom. The molecule has 0 saturated carbocycles. The van der Waals surface area contributed by atoms with Crippen LogP contribution in [0.5, 0.6) is 0 Å². The van der Waals surface area contributed by atoms with Crippen molar-refractivity contribution in [1.29, 1.82) is 0 Å². The number of hydrogen-bond donors (Lipinski definition) is 3.